The highest BCUT2D eigenvalue weighted by molar-refractivity contribution is 7.17. The first-order valence-corrected chi connectivity index (χ1v) is 22.0. The van der Waals surface area contributed by atoms with Gasteiger partial charge in [-0.2, -0.15) is 5.26 Å². The predicted molar refractivity (Wildman–Crippen MR) is 244 cm³/mol. The molecule has 18 heteroatoms. The van der Waals surface area contributed by atoms with Crippen molar-refractivity contribution >= 4 is 40.9 Å². The predicted octanol–water partition coefficient (Wildman–Crippen LogP) is 2.49. The summed E-state index contributed by atoms with van der Waals surface area (Å²) in [6.07, 6.45) is 0.979. The summed E-state index contributed by atoms with van der Waals surface area (Å²) in [7, 11) is 1.43. The summed E-state index contributed by atoms with van der Waals surface area (Å²) in [5.74, 6) is -1.92. The van der Waals surface area contributed by atoms with Gasteiger partial charge in [0, 0.05) is 43.2 Å². The van der Waals surface area contributed by atoms with Gasteiger partial charge in [-0.05, 0) is 80.1 Å². The van der Waals surface area contributed by atoms with Crippen LogP contribution in [-0.2, 0) is 32.0 Å². The van der Waals surface area contributed by atoms with Crippen molar-refractivity contribution in [2.45, 2.75) is 71.1 Å². The number of nitrogens with two attached hydrogens (primary N) is 3. The molecular weight excluding hydrogens is 837 g/mol. The van der Waals surface area contributed by atoms with Gasteiger partial charge in [-0.1, -0.05) is 50.2 Å². The van der Waals surface area contributed by atoms with Crippen molar-refractivity contribution in [3.63, 3.8) is 0 Å². The van der Waals surface area contributed by atoms with Crippen molar-refractivity contribution in [3.8, 4) is 39.3 Å². The molecule has 0 saturated heterocycles. The van der Waals surface area contributed by atoms with E-state index >= 15 is 0 Å². The van der Waals surface area contributed by atoms with E-state index in [1.165, 1.54) is 35.8 Å². The summed E-state index contributed by atoms with van der Waals surface area (Å²) in [6, 6.07) is 15.2. The molecule has 1 aliphatic rings. The van der Waals surface area contributed by atoms with E-state index in [2.05, 4.69) is 52.2 Å². The number of aryl methyl sites for hydroxylation is 1. The van der Waals surface area contributed by atoms with Gasteiger partial charge in [0.1, 0.15) is 65.3 Å². The van der Waals surface area contributed by atoms with E-state index in [1.807, 2.05) is 18.2 Å². The van der Waals surface area contributed by atoms with Crippen LogP contribution in [0.25, 0.3) is 21.7 Å². The van der Waals surface area contributed by atoms with Gasteiger partial charge in [-0.25, -0.2) is 4.98 Å². The Bertz CT molecular complexity index is 2350. The number of thiazole rings is 1. The molecule has 0 fully saturated rings. The molecule has 17 nitrogen and oxygen atoms in total. The summed E-state index contributed by atoms with van der Waals surface area (Å²) >= 11 is 1.21. The van der Waals surface area contributed by atoms with Crippen LogP contribution in [-0.4, -0.2) is 104 Å². The Hall–Kier alpha value is -6.39. The molecule has 0 saturated carbocycles. The molecule has 4 bridgehead atoms. The van der Waals surface area contributed by atoms with Gasteiger partial charge in [0.15, 0.2) is 0 Å². The van der Waals surface area contributed by atoms with Crippen molar-refractivity contribution in [1.29, 1.82) is 5.26 Å². The van der Waals surface area contributed by atoms with Crippen molar-refractivity contribution in [3.05, 3.63) is 87.9 Å². The smallest absolute Gasteiger partial charge is 0.263 e. The normalized spacial score (nSPS) is 16.7. The lowest BCUT2D eigenvalue weighted by molar-refractivity contribution is -0.141. The van der Waals surface area contributed by atoms with Crippen LogP contribution in [0.15, 0.2) is 60.7 Å². The third kappa shape index (κ3) is 12.2. The van der Waals surface area contributed by atoms with Crippen molar-refractivity contribution in [2.75, 3.05) is 46.4 Å². The Labute approximate surface area is 377 Å². The lowest BCUT2D eigenvalue weighted by atomic mass is 9.93. The van der Waals surface area contributed by atoms with E-state index < -0.39 is 53.7 Å². The van der Waals surface area contributed by atoms with Crippen molar-refractivity contribution < 1.29 is 33.4 Å². The maximum Gasteiger partial charge on any atom is 0.263 e. The number of hydrogen-bond acceptors (Lipinski definition) is 13. The van der Waals surface area contributed by atoms with Crippen LogP contribution in [0.5, 0.6) is 11.5 Å². The SMILES string of the molecule is Cc1nc(-c2ccc(CC(C)C)cc2)sc1C(=O)N[C@@H](CCN)C(=O)N(C)[C@@H]1C(=O)N[C@@H](C)C(=O)N[C@H](C(=O)NCC#N)Cc2ccc(OCCN)c(c2)-c2cc1ccc2OCCN. The number of benzene rings is 3. The summed E-state index contributed by atoms with van der Waals surface area (Å²) in [4.78, 5) is 76.4. The van der Waals surface area contributed by atoms with Gasteiger partial charge in [-0.15, -0.1) is 11.3 Å². The quantitative estimate of drug-likeness (QED) is 0.0754. The number of fused-ring (bicyclic) bond motifs is 5. The Morgan fingerprint density at radius 2 is 1.59 bits per heavy atom. The number of likely N-dealkylation sites (N-methyl/N-ethyl adjacent to an activating group) is 1. The minimum atomic E-state index is -1.38. The number of carbonyl (C=O) groups is 5. The van der Waals surface area contributed by atoms with Crippen LogP contribution in [0.4, 0.5) is 0 Å². The van der Waals surface area contributed by atoms with Gasteiger partial charge < -0.3 is 52.8 Å². The first-order chi connectivity index (χ1) is 30.7. The first kappa shape index (κ1) is 48.6. The van der Waals surface area contributed by atoms with Crippen LogP contribution < -0.4 is 47.9 Å². The lowest BCUT2D eigenvalue weighted by Gasteiger charge is -2.32. The largest absolute Gasteiger partial charge is 0.492 e. The molecule has 10 N–H and O–H groups in total. The Morgan fingerprint density at radius 3 is 2.22 bits per heavy atom. The number of amides is 5. The van der Waals surface area contributed by atoms with Crippen LogP contribution in [0, 0.1) is 24.2 Å². The number of nitrogens with zero attached hydrogens (tertiary/aromatic N) is 3. The second-order valence-electron chi connectivity index (χ2n) is 15.9. The number of rotatable bonds is 17. The highest BCUT2D eigenvalue weighted by Gasteiger charge is 2.36. The van der Waals surface area contributed by atoms with Crippen LogP contribution in [0.3, 0.4) is 0 Å². The fourth-order valence-corrected chi connectivity index (χ4v) is 8.31. The monoisotopic (exact) mass is 894 g/mol. The van der Waals surface area contributed by atoms with Crippen molar-refractivity contribution in [2.24, 2.45) is 23.1 Å². The maximum absolute atomic E-state index is 14.7. The summed E-state index contributed by atoms with van der Waals surface area (Å²) < 4.78 is 12.2. The molecule has 4 aromatic rings. The molecule has 1 aliphatic heterocycles. The van der Waals surface area contributed by atoms with Gasteiger partial charge in [-0.3, -0.25) is 24.0 Å². The topological polar surface area (TPSA) is 270 Å². The van der Waals surface area contributed by atoms with E-state index in [1.54, 1.807) is 43.3 Å². The average molecular weight is 895 g/mol. The molecule has 64 heavy (non-hydrogen) atoms. The molecule has 0 radical (unpaired) electrons. The zero-order chi connectivity index (χ0) is 46.5. The van der Waals surface area contributed by atoms with E-state index in [0.29, 0.717) is 55.2 Å². The molecule has 0 aliphatic carbocycles. The average Bonchev–Trinajstić information content (AvgIpc) is 3.67. The molecular formula is C46H58N10O7S. The zero-order valence-electron chi connectivity index (χ0n) is 36.9. The second kappa shape index (κ2) is 22.8. The van der Waals surface area contributed by atoms with Gasteiger partial charge in [0.05, 0.1) is 11.8 Å². The number of aromatic nitrogens is 1. The second-order valence-corrected chi connectivity index (χ2v) is 16.9. The highest BCUT2D eigenvalue weighted by atomic mass is 32.1. The molecule has 5 amide bonds. The fraction of sp³-hybridized carbons (Fsp3) is 0.413. The standard InChI is InChI=1S/C46H58N10O7S/c1-26(2)22-29-6-9-31(10-7-29)45-53-27(3)40(64-45)44(60)54-35(14-15-47)46(61)56(5)39-32-11-13-38(63-21-18-50)34(25-32)33-23-30(8-12-37(33)62-20-17-49)24-36(42(58)51-19-16-48)55-41(57)28(4)52-43(39)59/h6-13,23,25-26,28,35-36,39H,14-15,17-22,24,47,49-50H2,1-5H3,(H,51,58)(H,52,59)(H,54,60)(H,55,57)/t28-,35-,36-,39-/m0/s1. The molecule has 1 aromatic heterocycles. The summed E-state index contributed by atoms with van der Waals surface area (Å²) in [6.45, 7) is 7.91. The molecule has 340 valence electrons. The summed E-state index contributed by atoms with van der Waals surface area (Å²) in [5.41, 5.74) is 22.1. The molecule has 2 heterocycles. The Balaban J connectivity index is 1.56. The van der Waals surface area contributed by atoms with Gasteiger partial charge in [0.2, 0.25) is 23.6 Å². The zero-order valence-corrected chi connectivity index (χ0v) is 37.7. The van der Waals surface area contributed by atoms with Crippen LogP contribution in [0.1, 0.15) is 65.3 Å². The number of carbonyl (C=O) groups excluding carboxylic acids is 5. The maximum atomic E-state index is 14.7. The number of hydrogen-bond donors (Lipinski definition) is 7. The van der Waals surface area contributed by atoms with Crippen LogP contribution >= 0.6 is 11.3 Å². The Morgan fingerprint density at radius 1 is 0.938 bits per heavy atom. The highest BCUT2D eigenvalue weighted by Crippen LogP contribution is 2.40. The van der Waals surface area contributed by atoms with E-state index in [-0.39, 0.29) is 52.2 Å². The Kier molecular flexibility index (Phi) is 17.3. The first-order valence-electron chi connectivity index (χ1n) is 21.2. The van der Waals surface area contributed by atoms with Crippen LogP contribution in [0.2, 0.25) is 0 Å². The van der Waals surface area contributed by atoms with Gasteiger partial charge in [0.25, 0.3) is 5.91 Å². The van der Waals surface area contributed by atoms with E-state index in [0.717, 1.165) is 12.0 Å². The summed E-state index contributed by atoms with van der Waals surface area (Å²) in [5, 5.41) is 20.6. The lowest BCUT2D eigenvalue weighted by Crippen LogP contribution is -2.56. The van der Waals surface area contributed by atoms with Crippen molar-refractivity contribution in [1.82, 2.24) is 31.2 Å². The van der Waals surface area contributed by atoms with E-state index in [4.69, 9.17) is 31.9 Å². The third-order valence-corrected chi connectivity index (χ3v) is 11.7. The number of nitriles is 1. The third-order valence-electron chi connectivity index (χ3n) is 10.5. The molecule has 0 spiro atoms. The number of nitrogens with one attached hydrogen (secondary N) is 4. The molecule has 0 unspecified atom stereocenters. The number of ether oxygens (including phenoxy) is 2. The van der Waals surface area contributed by atoms with Gasteiger partial charge >= 0.3 is 0 Å². The minimum absolute atomic E-state index is 0.00848. The fourth-order valence-electron chi connectivity index (χ4n) is 7.34. The molecule has 5 rings (SSSR count). The minimum Gasteiger partial charge on any atom is -0.492 e. The molecule has 3 aromatic carbocycles. The molecule has 4 atom stereocenters. The van der Waals surface area contributed by atoms with E-state index in [9.17, 15) is 24.0 Å².